The van der Waals surface area contributed by atoms with E-state index in [-0.39, 0.29) is 11.9 Å². The van der Waals surface area contributed by atoms with E-state index in [1.165, 1.54) is 6.07 Å². The molecule has 1 N–H and O–H groups in total. The molecule has 0 heterocycles. The van der Waals surface area contributed by atoms with Crippen LogP contribution < -0.4 is 5.32 Å². The van der Waals surface area contributed by atoms with E-state index in [1.807, 2.05) is 37.4 Å². The van der Waals surface area contributed by atoms with Crippen LogP contribution >= 0.6 is 27.5 Å². The van der Waals surface area contributed by atoms with Crippen LogP contribution in [0.5, 0.6) is 0 Å². The molecule has 0 saturated heterocycles. The zero-order chi connectivity index (χ0) is 13.8. The van der Waals surface area contributed by atoms with Crippen molar-refractivity contribution in [1.82, 2.24) is 5.32 Å². The van der Waals surface area contributed by atoms with Crippen LogP contribution in [0.1, 0.15) is 17.2 Å². The van der Waals surface area contributed by atoms with Crippen molar-refractivity contribution >= 4 is 27.5 Å². The maximum atomic E-state index is 13.9. The monoisotopic (exact) mass is 341 g/mol. The molecule has 19 heavy (non-hydrogen) atoms. The lowest BCUT2D eigenvalue weighted by molar-refractivity contribution is 0.554. The fraction of sp³-hybridized carbons (Fsp3) is 0.200. The molecule has 0 aliphatic heterocycles. The molecule has 0 spiro atoms. The first-order valence-corrected chi connectivity index (χ1v) is 7.14. The average molecular weight is 343 g/mol. The topological polar surface area (TPSA) is 12.0 Å². The van der Waals surface area contributed by atoms with Crippen LogP contribution in [0, 0.1) is 5.82 Å². The fourth-order valence-corrected chi connectivity index (χ4v) is 2.55. The highest BCUT2D eigenvalue weighted by Gasteiger charge is 2.13. The normalized spacial score (nSPS) is 12.4. The Hall–Kier alpha value is -0.900. The van der Waals surface area contributed by atoms with E-state index >= 15 is 0 Å². The zero-order valence-corrected chi connectivity index (χ0v) is 12.8. The summed E-state index contributed by atoms with van der Waals surface area (Å²) in [6, 6.07) is 12.8. The number of halogens is 3. The van der Waals surface area contributed by atoms with Crippen LogP contribution in [0.25, 0.3) is 0 Å². The average Bonchev–Trinajstić information content (AvgIpc) is 2.38. The van der Waals surface area contributed by atoms with Crippen LogP contribution in [0.4, 0.5) is 4.39 Å². The van der Waals surface area contributed by atoms with E-state index < -0.39 is 0 Å². The first-order chi connectivity index (χ1) is 9.10. The van der Waals surface area contributed by atoms with E-state index in [9.17, 15) is 4.39 Å². The maximum Gasteiger partial charge on any atom is 0.127 e. The van der Waals surface area contributed by atoms with Gasteiger partial charge in [-0.15, -0.1) is 0 Å². The van der Waals surface area contributed by atoms with Crippen molar-refractivity contribution in [2.75, 3.05) is 7.05 Å². The summed E-state index contributed by atoms with van der Waals surface area (Å²) in [5.74, 6) is -0.198. The third kappa shape index (κ3) is 3.78. The lowest BCUT2D eigenvalue weighted by atomic mass is 9.99. The first kappa shape index (κ1) is 14.5. The standard InChI is InChI=1S/C15H14BrClFN/c1-19-15(11-3-2-4-13(17)7-11)8-10-5-6-12(16)9-14(10)18/h2-7,9,15,19H,8H2,1H3. The second-order valence-electron chi connectivity index (χ2n) is 4.34. The number of hydrogen-bond donors (Lipinski definition) is 1. The number of nitrogens with one attached hydrogen (secondary N) is 1. The molecule has 0 aliphatic rings. The molecule has 0 fully saturated rings. The molecule has 2 aromatic carbocycles. The Kier molecular flexibility index (Phi) is 4.97. The van der Waals surface area contributed by atoms with Gasteiger partial charge in [0.25, 0.3) is 0 Å². The van der Waals surface area contributed by atoms with Crippen LogP contribution in [0.3, 0.4) is 0 Å². The van der Waals surface area contributed by atoms with Gasteiger partial charge in [-0.3, -0.25) is 0 Å². The minimum Gasteiger partial charge on any atom is -0.313 e. The Balaban J connectivity index is 2.24. The van der Waals surface area contributed by atoms with Crippen molar-refractivity contribution in [2.24, 2.45) is 0 Å². The van der Waals surface area contributed by atoms with Gasteiger partial charge in [0, 0.05) is 15.5 Å². The predicted octanol–water partition coefficient (Wildman–Crippen LogP) is 4.74. The molecule has 1 atom stereocenters. The van der Waals surface area contributed by atoms with E-state index in [4.69, 9.17) is 11.6 Å². The summed E-state index contributed by atoms with van der Waals surface area (Å²) in [6.07, 6.45) is 0.579. The number of benzene rings is 2. The van der Waals surface area contributed by atoms with Crippen molar-refractivity contribution in [1.29, 1.82) is 0 Å². The summed E-state index contributed by atoms with van der Waals surface area (Å²) in [6.45, 7) is 0. The molecule has 0 aliphatic carbocycles. The zero-order valence-electron chi connectivity index (χ0n) is 10.5. The third-order valence-electron chi connectivity index (χ3n) is 3.04. The van der Waals surface area contributed by atoms with Crippen LogP contribution in [0.15, 0.2) is 46.9 Å². The molecular formula is C15H14BrClFN. The van der Waals surface area contributed by atoms with E-state index in [2.05, 4.69) is 21.2 Å². The number of hydrogen-bond acceptors (Lipinski definition) is 1. The van der Waals surface area contributed by atoms with Gasteiger partial charge in [-0.1, -0.05) is 45.7 Å². The van der Waals surface area contributed by atoms with Crippen LogP contribution in [-0.4, -0.2) is 7.05 Å². The number of rotatable bonds is 4. The van der Waals surface area contributed by atoms with Gasteiger partial charge in [0.05, 0.1) is 0 Å². The van der Waals surface area contributed by atoms with Gasteiger partial charge < -0.3 is 5.32 Å². The Bertz CT molecular complexity index is 574. The highest BCUT2D eigenvalue weighted by Crippen LogP contribution is 2.24. The quantitative estimate of drug-likeness (QED) is 0.846. The summed E-state index contributed by atoms with van der Waals surface area (Å²) in [5.41, 5.74) is 1.74. The Morgan fingerprint density at radius 1 is 1.26 bits per heavy atom. The van der Waals surface area contributed by atoms with Crippen molar-refractivity contribution in [2.45, 2.75) is 12.5 Å². The second-order valence-corrected chi connectivity index (χ2v) is 5.69. The first-order valence-electron chi connectivity index (χ1n) is 5.97. The molecular weight excluding hydrogens is 329 g/mol. The highest BCUT2D eigenvalue weighted by molar-refractivity contribution is 9.10. The molecule has 0 saturated carbocycles. The van der Waals surface area contributed by atoms with Crippen LogP contribution in [0.2, 0.25) is 5.02 Å². The van der Waals surface area contributed by atoms with Crippen LogP contribution in [-0.2, 0) is 6.42 Å². The van der Waals surface area contributed by atoms with Crippen molar-refractivity contribution in [3.63, 3.8) is 0 Å². The Labute approximate surface area is 125 Å². The van der Waals surface area contributed by atoms with E-state index in [1.54, 1.807) is 6.07 Å². The Morgan fingerprint density at radius 2 is 2.05 bits per heavy atom. The summed E-state index contributed by atoms with van der Waals surface area (Å²) < 4.78 is 14.6. The van der Waals surface area contributed by atoms with Gasteiger partial charge in [-0.05, 0) is 48.9 Å². The third-order valence-corrected chi connectivity index (χ3v) is 3.77. The summed E-state index contributed by atoms with van der Waals surface area (Å²) in [7, 11) is 1.86. The van der Waals surface area contributed by atoms with E-state index in [0.29, 0.717) is 17.0 Å². The molecule has 1 nitrogen and oxygen atoms in total. The summed E-state index contributed by atoms with van der Waals surface area (Å²) in [4.78, 5) is 0. The van der Waals surface area contributed by atoms with E-state index in [0.717, 1.165) is 10.0 Å². The van der Waals surface area contributed by atoms with Crippen molar-refractivity contribution in [3.05, 3.63) is 68.9 Å². The summed E-state index contributed by atoms with van der Waals surface area (Å²) in [5, 5.41) is 3.89. The van der Waals surface area contributed by atoms with Gasteiger partial charge in [-0.25, -0.2) is 4.39 Å². The SMILES string of the molecule is CNC(Cc1ccc(Br)cc1F)c1cccc(Cl)c1. The maximum absolute atomic E-state index is 13.9. The van der Waals surface area contributed by atoms with Gasteiger partial charge in [0.2, 0.25) is 0 Å². The fourth-order valence-electron chi connectivity index (χ4n) is 2.02. The minimum absolute atomic E-state index is 0.0365. The van der Waals surface area contributed by atoms with Crippen molar-refractivity contribution in [3.8, 4) is 0 Å². The smallest absolute Gasteiger partial charge is 0.127 e. The minimum atomic E-state index is -0.198. The highest BCUT2D eigenvalue weighted by atomic mass is 79.9. The van der Waals surface area contributed by atoms with Gasteiger partial charge >= 0.3 is 0 Å². The molecule has 2 aromatic rings. The second kappa shape index (κ2) is 6.51. The molecule has 4 heteroatoms. The van der Waals surface area contributed by atoms with Gasteiger partial charge in [-0.2, -0.15) is 0 Å². The molecule has 1 unspecified atom stereocenters. The number of likely N-dealkylation sites (N-methyl/N-ethyl adjacent to an activating group) is 1. The van der Waals surface area contributed by atoms with Gasteiger partial charge in [0.1, 0.15) is 5.82 Å². The molecule has 0 amide bonds. The largest absolute Gasteiger partial charge is 0.313 e. The molecule has 2 rings (SSSR count). The molecule has 100 valence electrons. The lowest BCUT2D eigenvalue weighted by Gasteiger charge is -2.17. The lowest BCUT2D eigenvalue weighted by Crippen LogP contribution is -2.19. The molecule has 0 bridgehead atoms. The molecule has 0 aromatic heterocycles. The van der Waals surface area contributed by atoms with Crippen molar-refractivity contribution < 1.29 is 4.39 Å². The molecule has 0 radical (unpaired) electrons. The Morgan fingerprint density at radius 3 is 2.68 bits per heavy atom. The summed E-state index contributed by atoms with van der Waals surface area (Å²) >= 11 is 9.25. The predicted molar refractivity (Wildman–Crippen MR) is 81.1 cm³/mol. The van der Waals surface area contributed by atoms with Gasteiger partial charge in [0.15, 0.2) is 0 Å².